The van der Waals surface area contributed by atoms with E-state index in [0.29, 0.717) is 13.2 Å². The fourth-order valence-electron chi connectivity index (χ4n) is 4.87. The van der Waals surface area contributed by atoms with Crippen molar-refractivity contribution in [1.82, 2.24) is 4.90 Å². The van der Waals surface area contributed by atoms with Crippen molar-refractivity contribution in [3.05, 3.63) is 71.8 Å². The highest BCUT2D eigenvalue weighted by Crippen LogP contribution is 2.42. The second-order valence-electron chi connectivity index (χ2n) is 9.10. The molecule has 170 valence electrons. The summed E-state index contributed by atoms with van der Waals surface area (Å²) < 4.78 is 24.7. The molecule has 1 amide bonds. The number of ether oxygens (including phenoxy) is 4. The number of aliphatic hydroxyl groups is 1. The van der Waals surface area contributed by atoms with Gasteiger partial charge >= 0.3 is 0 Å². The Kier molecular flexibility index (Phi) is 5.77. The summed E-state index contributed by atoms with van der Waals surface area (Å²) in [6.07, 6.45) is -2.68. The first kappa shape index (κ1) is 21.6. The van der Waals surface area contributed by atoms with Gasteiger partial charge in [-0.3, -0.25) is 4.79 Å². The van der Waals surface area contributed by atoms with Gasteiger partial charge in [-0.05, 0) is 25.0 Å². The quantitative estimate of drug-likeness (QED) is 0.746. The second-order valence-corrected chi connectivity index (χ2v) is 9.10. The summed E-state index contributed by atoms with van der Waals surface area (Å²) in [5, 5.41) is 10.4. The van der Waals surface area contributed by atoms with Crippen LogP contribution in [0.5, 0.6) is 0 Å². The molecular weight excluding hydrogens is 410 g/mol. The third kappa shape index (κ3) is 4.19. The van der Waals surface area contributed by atoms with Crippen molar-refractivity contribution in [2.75, 3.05) is 0 Å². The number of nitrogens with zero attached hydrogens (tertiary/aromatic N) is 1. The van der Waals surface area contributed by atoms with Gasteiger partial charge in [0.1, 0.15) is 24.4 Å². The minimum atomic E-state index is -1.05. The molecule has 7 nitrogen and oxygen atoms in total. The minimum Gasteiger partial charge on any atom is -0.383 e. The molecule has 0 spiro atoms. The zero-order chi connectivity index (χ0) is 22.3. The topological polar surface area (TPSA) is 77.5 Å². The number of carbonyl (C=O) groups excluding carboxylic acids is 1. The van der Waals surface area contributed by atoms with Gasteiger partial charge in [0, 0.05) is 13.0 Å². The third-order valence-electron chi connectivity index (χ3n) is 6.32. The Balaban J connectivity index is 1.39. The van der Waals surface area contributed by atoms with Crippen LogP contribution in [0.15, 0.2) is 60.7 Å². The molecule has 3 fully saturated rings. The minimum absolute atomic E-state index is 0.282. The van der Waals surface area contributed by atoms with Crippen molar-refractivity contribution in [2.45, 2.75) is 76.0 Å². The molecule has 0 aromatic heterocycles. The molecule has 3 saturated heterocycles. The zero-order valence-corrected chi connectivity index (χ0v) is 18.3. The predicted molar refractivity (Wildman–Crippen MR) is 115 cm³/mol. The van der Waals surface area contributed by atoms with E-state index in [4.69, 9.17) is 18.9 Å². The van der Waals surface area contributed by atoms with Gasteiger partial charge < -0.3 is 29.0 Å². The number of amides is 1. The first-order valence-electron chi connectivity index (χ1n) is 11.1. The molecular formula is C25H29NO6. The van der Waals surface area contributed by atoms with Gasteiger partial charge in [-0.1, -0.05) is 60.7 Å². The predicted octanol–water partition coefficient (Wildman–Crippen LogP) is 2.61. The lowest BCUT2D eigenvalue weighted by molar-refractivity contribution is -0.225. The average molecular weight is 440 g/mol. The SMILES string of the molecule is CC1(C)O[C@H]2O[C@H]([C@@H]3C[C@@H](O)C(=O)N3Cc3ccccc3)[C@H](OCc3ccccc3)[C@H]2O1. The van der Waals surface area contributed by atoms with Crippen LogP contribution in [0.4, 0.5) is 0 Å². The average Bonchev–Trinajstić information content (AvgIpc) is 3.36. The third-order valence-corrected chi connectivity index (χ3v) is 6.32. The summed E-state index contributed by atoms with van der Waals surface area (Å²) >= 11 is 0. The first-order chi connectivity index (χ1) is 15.4. The highest BCUT2D eigenvalue weighted by molar-refractivity contribution is 5.83. The fourth-order valence-corrected chi connectivity index (χ4v) is 4.87. The largest absolute Gasteiger partial charge is 0.383 e. The number of likely N-dealkylation sites (tertiary alicyclic amines) is 1. The van der Waals surface area contributed by atoms with Crippen molar-refractivity contribution in [2.24, 2.45) is 0 Å². The monoisotopic (exact) mass is 439 g/mol. The van der Waals surface area contributed by atoms with Crippen LogP contribution in [-0.4, -0.2) is 58.4 Å². The number of benzene rings is 2. The van der Waals surface area contributed by atoms with Crippen molar-refractivity contribution < 1.29 is 28.8 Å². The Labute approximate surface area is 187 Å². The van der Waals surface area contributed by atoms with Crippen LogP contribution in [-0.2, 0) is 36.9 Å². The summed E-state index contributed by atoms with van der Waals surface area (Å²) in [5.41, 5.74) is 2.03. The Morgan fingerprint density at radius 3 is 2.34 bits per heavy atom. The van der Waals surface area contributed by atoms with Crippen LogP contribution in [0.1, 0.15) is 31.4 Å². The lowest BCUT2D eigenvalue weighted by Crippen LogP contribution is -2.48. The lowest BCUT2D eigenvalue weighted by Gasteiger charge is -2.33. The first-order valence-corrected chi connectivity index (χ1v) is 11.1. The molecule has 2 aromatic rings. The van der Waals surface area contributed by atoms with Gasteiger partial charge in [-0.2, -0.15) is 0 Å². The zero-order valence-electron chi connectivity index (χ0n) is 18.3. The molecule has 1 N–H and O–H groups in total. The van der Waals surface area contributed by atoms with Gasteiger partial charge in [0.2, 0.25) is 0 Å². The number of carbonyl (C=O) groups is 1. The summed E-state index contributed by atoms with van der Waals surface area (Å²) in [7, 11) is 0. The van der Waals surface area contributed by atoms with Gasteiger partial charge in [-0.15, -0.1) is 0 Å². The second kappa shape index (κ2) is 8.57. The van der Waals surface area contributed by atoms with E-state index in [0.717, 1.165) is 11.1 Å². The molecule has 2 aromatic carbocycles. The fraction of sp³-hybridized carbons (Fsp3) is 0.480. The van der Waals surface area contributed by atoms with Crippen molar-refractivity contribution in [3.8, 4) is 0 Å². The maximum absolute atomic E-state index is 12.8. The van der Waals surface area contributed by atoms with E-state index in [-0.39, 0.29) is 18.4 Å². The Morgan fingerprint density at radius 1 is 1.00 bits per heavy atom. The Morgan fingerprint density at radius 2 is 1.66 bits per heavy atom. The van der Waals surface area contributed by atoms with Gasteiger partial charge in [0.05, 0.1) is 12.6 Å². The molecule has 7 heteroatoms. The lowest BCUT2D eigenvalue weighted by atomic mass is 10.00. The summed E-state index contributed by atoms with van der Waals surface area (Å²) in [6.45, 7) is 4.49. The standard InChI is InChI=1S/C25H29NO6/c1-25(2)31-22-21(29-15-17-11-7-4-8-12-17)20(30-24(22)32-25)18-13-19(27)23(28)26(18)14-16-9-5-3-6-10-16/h3-12,18-22,24,27H,13-15H2,1-2H3/t18-,19+,20+,21-,22+,24+/m0/s1. The van der Waals surface area contributed by atoms with Crippen molar-refractivity contribution >= 4 is 5.91 Å². The number of hydrogen-bond donors (Lipinski definition) is 1. The van der Waals surface area contributed by atoms with Crippen molar-refractivity contribution in [3.63, 3.8) is 0 Å². The van der Waals surface area contributed by atoms with Crippen LogP contribution < -0.4 is 0 Å². The highest BCUT2D eigenvalue weighted by atomic mass is 16.8. The van der Waals surface area contributed by atoms with Gasteiger partial charge in [0.15, 0.2) is 12.1 Å². The maximum Gasteiger partial charge on any atom is 0.252 e. The molecule has 3 aliphatic rings. The smallest absolute Gasteiger partial charge is 0.252 e. The molecule has 0 aliphatic carbocycles. The molecule has 3 heterocycles. The normalized spacial score (nSPS) is 33.6. The number of hydrogen-bond acceptors (Lipinski definition) is 6. The van der Waals surface area contributed by atoms with E-state index >= 15 is 0 Å². The molecule has 5 rings (SSSR count). The molecule has 32 heavy (non-hydrogen) atoms. The van der Waals surface area contributed by atoms with E-state index in [9.17, 15) is 9.90 Å². The molecule has 0 radical (unpaired) electrons. The Bertz CT molecular complexity index is 936. The number of fused-ring (bicyclic) bond motifs is 1. The van der Waals surface area contributed by atoms with E-state index in [1.807, 2.05) is 74.5 Å². The van der Waals surface area contributed by atoms with Gasteiger partial charge in [0.25, 0.3) is 5.91 Å². The summed E-state index contributed by atoms with van der Waals surface area (Å²) in [5.74, 6) is -1.06. The van der Waals surface area contributed by atoms with Crippen LogP contribution in [0.2, 0.25) is 0 Å². The highest BCUT2D eigenvalue weighted by Gasteiger charge is 2.59. The molecule has 0 saturated carbocycles. The molecule has 6 atom stereocenters. The molecule has 0 unspecified atom stereocenters. The van der Waals surface area contributed by atoms with Gasteiger partial charge in [-0.25, -0.2) is 0 Å². The van der Waals surface area contributed by atoms with Crippen LogP contribution in [0.3, 0.4) is 0 Å². The van der Waals surface area contributed by atoms with Crippen LogP contribution in [0.25, 0.3) is 0 Å². The maximum atomic E-state index is 12.8. The summed E-state index contributed by atoms with van der Waals surface area (Å²) in [6, 6.07) is 19.3. The van der Waals surface area contributed by atoms with Crippen LogP contribution in [0, 0.1) is 0 Å². The van der Waals surface area contributed by atoms with E-state index in [1.54, 1.807) is 4.90 Å². The molecule has 3 aliphatic heterocycles. The Hall–Kier alpha value is -2.29. The number of rotatable bonds is 6. The van der Waals surface area contributed by atoms with Crippen molar-refractivity contribution in [1.29, 1.82) is 0 Å². The van der Waals surface area contributed by atoms with Crippen LogP contribution >= 0.6 is 0 Å². The summed E-state index contributed by atoms with van der Waals surface area (Å²) in [4.78, 5) is 14.5. The van der Waals surface area contributed by atoms with E-state index < -0.39 is 36.5 Å². The van der Waals surface area contributed by atoms with E-state index in [2.05, 4.69) is 0 Å². The molecule has 0 bridgehead atoms. The van der Waals surface area contributed by atoms with E-state index in [1.165, 1.54) is 0 Å². The number of aliphatic hydroxyl groups excluding tert-OH is 1.